The van der Waals surface area contributed by atoms with Crippen molar-refractivity contribution in [3.63, 3.8) is 0 Å². The number of benzene rings is 1. The van der Waals surface area contributed by atoms with Crippen molar-refractivity contribution in [3.05, 3.63) is 23.8 Å². The zero-order valence-corrected chi connectivity index (χ0v) is 11.9. The largest absolute Gasteiger partial charge is 0.497 e. The van der Waals surface area contributed by atoms with Crippen molar-refractivity contribution >= 4 is 9.84 Å². The van der Waals surface area contributed by atoms with Crippen LogP contribution in [0.25, 0.3) is 0 Å². The van der Waals surface area contributed by atoms with Crippen molar-refractivity contribution in [1.82, 2.24) is 0 Å². The van der Waals surface area contributed by atoms with Crippen molar-refractivity contribution in [3.8, 4) is 11.5 Å². The SMILES string of the molecule is COc1ccc([C@@H](C)N)c(OC2CCS(=O)(=O)C2)c1. The van der Waals surface area contributed by atoms with E-state index in [-0.39, 0.29) is 23.7 Å². The summed E-state index contributed by atoms with van der Waals surface area (Å²) in [5, 5.41) is 0. The quantitative estimate of drug-likeness (QED) is 0.901. The van der Waals surface area contributed by atoms with E-state index in [1.807, 2.05) is 19.1 Å². The Balaban J connectivity index is 2.23. The molecule has 0 radical (unpaired) electrons. The van der Waals surface area contributed by atoms with Crippen LogP contribution in [-0.4, -0.2) is 33.1 Å². The first kappa shape index (κ1) is 14.1. The molecule has 0 saturated carbocycles. The van der Waals surface area contributed by atoms with Crippen LogP contribution in [0, 0.1) is 0 Å². The predicted molar refractivity (Wildman–Crippen MR) is 73.3 cm³/mol. The van der Waals surface area contributed by atoms with Gasteiger partial charge in [-0.25, -0.2) is 8.42 Å². The van der Waals surface area contributed by atoms with E-state index in [1.54, 1.807) is 13.2 Å². The molecule has 0 spiro atoms. The highest BCUT2D eigenvalue weighted by molar-refractivity contribution is 7.91. The second kappa shape index (κ2) is 5.38. The molecule has 0 aromatic heterocycles. The van der Waals surface area contributed by atoms with Gasteiger partial charge in [-0.3, -0.25) is 0 Å². The van der Waals surface area contributed by atoms with Gasteiger partial charge in [0, 0.05) is 17.7 Å². The summed E-state index contributed by atoms with van der Waals surface area (Å²) in [6, 6.07) is 5.24. The fraction of sp³-hybridized carbons (Fsp3) is 0.538. The van der Waals surface area contributed by atoms with Crippen molar-refractivity contribution in [2.24, 2.45) is 5.73 Å². The Kier molecular flexibility index (Phi) is 4.01. The summed E-state index contributed by atoms with van der Waals surface area (Å²) in [5.41, 5.74) is 6.75. The lowest BCUT2D eigenvalue weighted by Gasteiger charge is -2.18. The average Bonchev–Trinajstić information content (AvgIpc) is 2.68. The molecule has 1 aromatic carbocycles. The minimum atomic E-state index is -2.95. The summed E-state index contributed by atoms with van der Waals surface area (Å²) in [6.45, 7) is 1.86. The molecule has 1 aromatic rings. The molecule has 2 atom stereocenters. The van der Waals surface area contributed by atoms with Gasteiger partial charge in [-0.05, 0) is 19.4 Å². The van der Waals surface area contributed by atoms with Gasteiger partial charge in [-0.2, -0.15) is 0 Å². The summed E-state index contributed by atoms with van der Waals surface area (Å²) < 4.78 is 33.9. The van der Waals surface area contributed by atoms with Gasteiger partial charge in [-0.15, -0.1) is 0 Å². The highest BCUT2D eigenvalue weighted by Crippen LogP contribution is 2.31. The first-order valence-corrected chi connectivity index (χ1v) is 8.04. The van der Waals surface area contributed by atoms with E-state index in [0.29, 0.717) is 17.9 Å². The lowest BCUT2D eigenvalue weighted by molar-refractivity contribution is 0.224. The van der Waals surface area contributed by atoms with Crippen LogP contribution in [0.5, 0.6) is 11.5 Å². The molecule has 1 saturated heterocycles. The van der Waals surface area contributed by atoms with E-state index >= 15 is 0 Å². The van der Waals surface area contributed by atoms with Gasteiger partial charge in [0.25, 0.3) is 0 Å². The third kappa shape index (κ3) is 3.39. The van der Waals surface area contributed by atoms with E-state index in [2.05, 4.69) is 0 Å². The molecule has 2 rings (SSSR count). The summed E-state index contributed by atoms with van der Waals surface area (Å²) in [4.78, 5) is 0. The number of sulfone groups is 1. The van der Waals surface area contributed by atoms with E-state index in [0.717, 1.165) is 5.56 Å². The topological polar surface area (TPSA) is 78.6 Å². The molecular weight excluding hydrogens is 266 g/mol. The van der Waals surface area contributed by atoms with Crippen LogP contribution in [-0.2, 0) is 9.84 Å². The Morgan fingerprint density at radius 1 is 1.42 bits per heavy atom. The monoisotopic (exact) mass is 285 g/mol. The van der Waals surface area contributed by atoms with Crippen LogP contribution in [0.3, 0.4) is 0 Å². The van der Waals surface area contributed by atoms with Crippen LogP contribution in [0.15, 0.2) is 18.2 Å². The minimum absolute atomic E-state index is 0.0720. The number of hydrogen-bond donors (Lipinski definition) is 1. The zero-order valence-electron chi connectivity index (χ0n) is 11.1. The number of ether oxygens (including phenoxy) is 2. The second-order valence-electron chi connectivity index (χ2n) is 4.84. The predicted octanol–water partition coefficient (Wildman–Crippen LogP) is 1.28. The molecule has 1 aliphatic heterocycles. The molecule has 1 unspecified atom stereocenters. The van der Waals surface area contributed by atoms with E-state index < -0.39 is 9.84 Å². The van der Waals surface area contributed by atoms with Crippen molar-refractivity contribution in [2.45, 2.75) is 25.5 Å². The Hall–Kier alpha value is -1.27. The molecule has 5 nitrogen and oxygen atoms in total. The maximum absolute atomic E-state index is 11.4. The molecule has 0 bridgehead atoms. The highest BCUT2D eigenvalue weighted by atomic mass is 32.2. The summed E-state index contributed by atoms with van der Waals surface area (Å²) in [7, 11) is -1.38. The van der Waals surface area contributed by atoms with Gasteiger partial charge < -0.3 is 15.2 Å². The molecule has 2 N–H and O–H groups in total. The Morgan fingerprint density at radius 3 is 2.68 bits per heavy atom. The Labute approximate surface area is 113 Å². The number of rotatable bonds is 4. The average molecular weight is 285 g/mol. The fourth-order valence-corrected chi connectivity index (χ4v) is 3.74. The molecule has 106 valence electrons. The summed E-state index contributed by atoms with van der Waals surface area (Å²) in [6.07, 6.45) is 0.229. The third-order valence-electron chi connectivity index (χ3n) is 3.20. The van der Waals surface area contributed by atoms with Crippen LogP contribution in [0.4, 0.5) is 0 Å². The highest BCUT2D eigenvalue weighted by Gasteiger charge is 2.30. The van der Waals surface area contributed by atoms with Crippen molar-refractivity contribution in [2.75, 3.05) is 18.6 Å². The molecule has 0 amide bonds. The van der Waals surface area contributed by atoms with Gasteiger partial charge in [0.05, 0.1) is 18.6 Å². The zero-order chi connectivity index (χ0) is 14.0. The Bertz CT molecular complexity index is 554. The number of methoxy groups -OCH3 is 1. The van der Waals surface area contributed by atoms with E-state index in [9.17, 15) is 8.42 Å². The second-order valence-corrected chi connectivity index (χ2v) is 7.06. The molecule has 0 aliphatic carbocycles. The van der Waals surface area contributed by atoms with Gasteiger partial charge in [0.15, 0.2) is 9.84 Å². The van der Waals surface area contributed by atoms with Crippen LogP contribution in [0.2, 0.25) is 0 Å². The summed E-state index contributed by atoms with van der Waals surface area (Å²) in [5.74, 6) is 1.54. The van der Waals surface area contributed by atoms with E-state index in [4.69, 9.17) is 15.2 Å². The molecular formula is C13H19NO4S. The van der Waals surface area contributed by atoms with Crippen LogP contribution < -0.4 is 15.2 Å². The van der Waals surface area contributed by atoms with Crippen LogP contribution >= 0.6 is 0 Å². The third-order valence-corrected chi connectivity index (χ3v) is 4.93. The lowest BCUT2D eigenvalue weighted by Crippen LogP contribution is -2.19. The molecule has 6 heteroatoms. The minimum Gasteiger partial charge on any atom is -0.497 e. The van der Waals surface area contributed by atoms with Crippen LogP contribution in [0.1, 0.15) is 24.9 Å². The number of nitrogens with two attached hydrogens (primary N) is 1. The van der Waals surface area contributed by atoms with E-state index in [1.165, 1.54) is 0 Å². The first-order chi connectivity index (χ1) is 8.91. The van der Waals surface area contributed by atoms with Gasteiger partial charge in [-0.1, -0.05) is 6.07 Å². The summed E-state index contributed by atoms with van der Waals surface area (Å²) >= 11 is 0. The maximum Gasteiger partial charge on any atom is 0.154 e. The molecule has 19 heavy (non-hydrogen) atoms. The van der Waals surface area contributed by atoms with Gasteiger partial charge >= 0.3 is 0 Å². The fourth-order valence-electron chi connectivity index (χ4n) is 2.15. The van der Waals surface area contributed by atoms with Gasteiger partial charge in [0.2, 0.25) is 0 Å². The van der Waals surface area contributed by atoms with Crippen molar-refractivity contribution < 1.29 is 17.9 Å². The lowest BCUT2D eigenvalue weighted by atomic mass is 10.1. The smallest absolute Gasteiger partial charge is 0.154 e. The van der Waals surface area contributed by atoms with Crippen molar-refractivity contribution in [1.29, 1.82) is 0 Å². The standard InChI is InChI=1S/C13H19NO4S/c1-9(14)12-4-3-10(17-2)7-13(12)18-11-5-6-19(15,16)8-11/h3-4,7,9,11H,5-6,8,14H2,1-2H3/t9-,11?/m1/s1. The first-order valence-electron chi connectivity index (χ1n) is 6.22. The normalized spacial score (nSPS) is 23.0. The molecule has 1 heterocycles. The molecule has 1 aliphatic rings. The molecule has 1 fully saturated rings. The van der Waals surface area contributed by atoms with Gasteiger partial charge in [0.1, 0.15) is 17.6 Å². The number of hydrogen-bond acceptors (Lipinski definition) is 5. The maximum atomic E-state index is 11.4. The Morgan fingerprint density at radius 2 is 2.16 bits per heavy atom.